The molecule has 7 heteroatoms. The van der Waals surface area contributed by atoms with Gasteiger partial charge in [0.15, 0.2) is 6.61 Å². The number of thioether (sulfide) groups is 1. The van der Waals surface area contributed by atoms with Crippen molar-refractivity contribution in [2.24, 2.45) is 0 Å². The van der Waals surface area contributed by atoms with Crippen molar-refractivity contribution in [1.29, 1.82) is 0 Å². The van der Waals surface area contributed by atoms with E-state index in [-0.39, 0.29) is 18.3 Å². The van der Waals surface area contributed by atoms with Crippen molar-refractivity contribution in [2.75, 3.05) is 11.1 Å². The molecule has 0 aliphatic heterocycles. The summed E-state index contributed by atoms with van der Waals surface area (Å²) in [6.07, 6.45) is 0.858. The molecule has 3 rings (SSSR count). The van der Waals surface area contributed by atoms with Crippen LogP contribution in [0.5, 0.6) is 5.75 Å². The van der Waals surface area contributed by atoms with Crippen LogP contribution in [0.15, 0.2) is 52.1 Å². The number of amides is 1. The molecule has 6 nitrogen and oxygen atoms in total. The Morgan fingerprint density at radius 3 is 2.64 bits per heavy atom. The van der Waals surface area contributed by atoms with Crippen LogP contribution in [0.4, 0.5) is 5.69 Å². The van der Waals surface area contributed by atoms with Gasteiger partial charge in [0.25, 0.3) is 11.1 Å². The van der Waals surface area contributed by atoms with Gasteiger partial charge in [0.1, 0.15) is 5.75 Å². The van der Waals surface area contributed by atoms with E-state index in [1.54, 1.807) is 0 Å². The first-order chi connectivity index (χ1) is 13.5. The molecule has 146 valence electrons. The maximum atomic E-state index is 12.2. The second-order valence-corrected chi connectivity index (χ2v) is 7.35. The van der Waals surface area contributed by atoms with Gasteiger partial charge in [-0.15, -0.1) is 10.2 Å². The van der Waals surface area contributed by atoms with E-state index in [4.69, 9.17) is 9.15 Å². The van der Waals surface area contributed by atoms with E-state index in [0.717, 1.165) is 34.5 Å². The Labute approximate surface area is 168 Å². The van der Waals surface area contributed by atoms with Crippen LogP contribution in [0.1, 0.15) is 29.5 Å². The molecule has 1 aromatic heterocycles. The zero-order valence-corrected chi connectivity index (χ0v) is 17.0. The molecule has 0 fully saturated rings. The van der Waals surface area contributed by atoms with Gasteiger partial charge < -0.3 is 14.5 Å². The lowest BCUT2D eigenvalue weighted by molar-refractivity contribution is -0.113. The summed E-state index contributed by atoms with van der Waals surface area (Å²) in [5.74, 6) is 1.21. The lowest BCUT2D eigenvalue weighted by atomic mass is 10.1. The highest BCUT2D eigenvalue weighted by molar-refractivity contribution is 7.99. The summed E-state index contributed by atoms with van der Waals surface area (Å²) in [6, 6.07) is 13.8. The summed E-state index contributed by atoms with van der Waals surface area (Å²) in [5, 5.41) is 11.2. The summed E-state index contributed by atoms with van der Waals surface area (Å²) < 4.78 is 11.3. The fourth-order valence-corrected chi connectivity index (χ4v) is 3.36. The van der Waals surface area contributed by atoms with Gasteiger partial charge in [-0.3, -0.25) is 4.79 Å². The number of anilines is 1. The molecule has 0 radical (unpaired) electrons. The van der Waals surface area contributed by atoms with E-state index in [2.05, 4.69) is 28.5 Å². The van der Waals surface area contributed by atoms with Gasteiger partial charge in [0, 0.05) is 5.69 Å². The van der Waals surface area contributed by atoms with Crippen LogP contribution in [0, 0.1) is 13.8 Å². The van der Waals surface area contributed by atoms with Gasteiger partial charge in [-0.2, -0.15) is 0 Å². The highest BCUT2D eigenvalue weighted by atomic mass is 32.2. The smallest absolute Gasteiger partial charge is 0.277 e. The molecule has 0 aliphatic carbocycles. The molecule has 28 heavy (non-hydrogen) atoms. The van der Waals surface area contributed by atoms with Gasteiger partial charge in [0.2, 0.25) is 5.91 Å². The van der Waals surface area contributed by atoms with Crippen molar-refractivity contribution < 1.29 is 13.9 Å². The summed E-state index contributed by atoms with van der Waals surface area (Å²) in [4.78, 5) is 12.2. The molecule has 0 aliphatic rings. The van der Waals surface area contributed by atoms with Crippen molar-refractivity contribution in [3.63, 3.8) is 0 Å². The van der Waals surface area contributed by atoms with Gasteiger partial charge in [0.05, 0.1) is 5.75 Å². The number of para-hydroxylation sites is 1. The quantitative estimate of drug-likeness (QED) is 0.562. The highest BCUT2D eigenvalue weighted by Gasteiger charge is 2.11. The normalized spacial score (nSPS) is 10.7. The largest absolute Gasteiger partial charge is 0.484 e. The minimum Gasteiger partial charge on any atom is -0.484 e. The Morgan fingerprint density at radius 1 is 1.14 bits per heavy atom. The van der Waals surface area contributed by atoms with Gasteiger partial charge in [-0.25, -0.2) is 0 Å². The fraction of sp³-hybridized carbons (Fsp3) is 0.286. The van der Waals surface area contributed by atoms with E-state index in [1.807, 2.05) is 50.2 Å². The first-order valence-electron chi connectivity index (χ1n) is 9.07. The Kier molecular flexibility index (Phi) is 6.71. The molecule has 0 saturated carbocycles. The first-order valence-corrected chi connectivity index (χ1v) is 10.1. The van der Waals surface area contributed by atoms with Crippen LogP contribution in [-0.2, 0) is 17.8 Å². The van der Waals surface area contributed by atoms with Crippen molar-refractivity contribution >= 4 is 23.4 Å². The number of ether oxygens (including phenoxy) is 1. The number of benzene rings is 2. The molecule has 0 spiro atoms. The zero-order valence-electron chi connectivity index (χ0n) is 16.2. The molecule has 2 aromatic carbocycles. The molecular formula is C21H23N3O3S. The number of nitrogens with one attached hydrogen (secondary N) is 1. The number of hydrogen-bond acceptors (Lipinski definition) is 6. The number of rotatable bonds is 8. The fourth-order valence-electron chi connectivity index (χ4n) is 2.78. The van der Waals surface area contributed by atoms with Crippen molar-refractivity contribution in [3.05, 3.63) is 65.0 Å². The van der Waals surface area contributed by atoms with Crippen LogP contribution < -0.4 is 10.1 Å². The first kappa shape index (κ1) is 19.9. The number of nitrogens with zero attached hydrogens (tertiary/aromatic N) is 2. The van der Waals surface area contributed by atoms with Gasteiger partial charge in [-0.1, -0.05) is 43.0 Å². The number of aryl methyl sites for hydroxylation is 3. The monoisotopic (exact) mass is 397 g/mol. The Hall–Kier alpha value is -2.80. The minimum absolute atomic E-state index is 0.114. The zero-order chi connectivity index (χ0) is 19.9. The SMILES string of the molecule is CCc1ccccc1NC(=O)CSc1nnc(COc2cc(C)cc(C)c2)o1. The standard InChI is InChI=1S/C21H23N3O3S/c1-4-16-7-5-6-8-18(16)22-19(25)13-28-21-24-23-20(27-21)12-26-17-10-14(2)9-15(3)11-17/h5-11H,4,12-13H2,1-3H3,(H,22,25). The third-order valence-electron chi connectivity index (χ3n) is 4.00. The second kappa shape index (κ2) is 9.41. The highest BCUT2D eigenvalue weighted by Crippen LogP contribution is 2.21. The van der Waals surface area contributed by atoms with Crippen molar-refractivity contribution in [1.82, 2.24) is 10.2 Å². The Bertz CT molecular complexity index is 935. The third kappa shape index (κ3) is 5.60. The molecule has 0 atom stereocenters. The Balaban J connectivity index is 1.49. The maximum absolute atomic E-state index is 12.2. The van der Waals surface area contributed by atoms with E-state index >= 15 is 0 Å². The second-order valence-electron chi connectivity index (χ2n) is 6.42. The molecule has 0 bridgehead atoms. The van der Waals surface area contributed by atoms with Crippen molar-refractivity contribution in [2.45, 2.75) is 39.0 Å². The molecular weight excluding hydrogens is 374 g/mol. The molecule has 1 N–H and O–H groups in total. The predicted octanol–water partition coefficient (Wildman–Crippen LogP) is 4.56. The van der Waals surface area contributed by atoms with Crippen LogP contribution >= 0.6 is 11.8 Å². The predicted molar refractivity (Wildman–Crippen MR) is 110 cm³/mol. The maximum Gasteiger partial charge on any atom is 0.277 e. The molecule has 0 unspecified atom stereocenters. The molecule has 0 saturated heterocycles. The molecule has 1 amide bonds. The molecule has 1 heterocycles. The van der Waals surface area contributed by atoms with E-state index in [9.17, 15) is 4.79 Å². The van der Waals surface area contributed by atoms with Crippen LogP contribution in [0.3, 0.4) is 0 Å². The summed E-state index contributed by atoms with van der Waals surface area (Å²) in [6.45, 7) is 6.28. The number of carbonyl (C=O) groups is 1. The number of carbonyl (C=O) groups excluding carboxylic acids is 1. The van der Waals surface area contributed by atoms with E-state index in [0.29, 0.717) is 11.1 Å². The average Bonchev–Trinajstić information content (AvgIpc) is 3.12. The van der Waals surface area contributed by atoms with Gasteiger partial charge in [-0.05, 0) is 55.2 Å². The topological polar surface area (TPSA) is 77.2 Å². The summed E-state index contributed by atoms with van der Waals surface area (Å²) >= 11 is 1.20. The summed E-state index contributed by atoms with van der Waals surface area (Å²) in [5.41, 5.74) is 4.20. The van der Waals surface area contributed by atoms with E-state index in [1.165, 1.54) is 11.8 Å². The third-order valence-corrected chi connectivity index (χ3v) is 4.82. The van der Waals surface area contributed by atoms with E-state index < -0.39 is 0 Å². The Morgan fingerprint density at radius 2 is 1.89 bits per heavy atom. The number of hydrogen-bond donors (Lipinski definition) is 1. The van der Waals surface area contributed by atoms with Crippen LogP contribution in [0.2, 0.25) is 0 Å². The van der Waals surface area contributed by atoms with Crippen LogP contribution in [0.25, 0.3) is 0 Å². The summed E-state index contributed by atoms with van der Waals surface area (Å²) in [7, 11) is 0. The van der Waals surface area contributed by atoms with Crippen LogP contribution in [-0.4, -0.2) is 21.9 Å². The lowest BCUT2D eigenvalue weighted by Gasteiger charge is -2.08. The average molecular weight is 398 g/mol. The van der Waals surface area contributed by atoms with Gasteiger partial charge >= 0.3 is 0 Å². The minimum atomic E-state index is -0.114. The lowest BCUT2D eigenvalue weighted by Crippen LogP contribution is -2.15. The number of aromatic nitrogens is 2. The molecule has 3 aromatic rings. The van der Waals surface area contributed by atoms with Crippen molar-refractivity contribution in [3.8, 4) is 5.75 Å².